The topological polar surface area (TPSA) is 107 Å². The van der Waals surface area contributed by atoms with Gasteiger partial charge in [-0.25, -0.2) is 0 Å². The van der Waals surface area contributed by atoms with Gasteiger partial charge in [-0.15, -0.1) is 0 Å². The Hall–Kier alpha value is -4.53. The molecule has 0 amide bonds. The van der Waals surface area contributed by atoms with Crippen molar-refractivity contribution in [1.82, 2.24) is 0 Å². The van der Waals surface area contributed by atoms with Crippen LogP contribution in [0.25, 0.3) is 11.1 Å². The Morgan fingerprint density at radius 3 is 2.27 bits per heavy atom. The molecule has 1 fully saturated rings. The summed E-state index contributed by atoms with van der Waals surface area (Å²) in [7, 11) is 0. The second-order valence-electron chi connectivity index (χ2n) is 12.4. The van der Waals surface area contributed by atoms with Gasteiger partial charge < -0.3 is 28.4 Å². The third-order valence-electron chi connectivity index (χ3n) is 8.66. The van der Waals surface area contributed by atoms with Crippen molar-refractivity contribution in [3.8, 4) is 34.1 Å². The maximum absolute atomic E-state index is 13.0. The predicted molar refractivity (Wildman–Crippen MR) is 185 cm³/mol. The summed E-state index contributed by atoms with van der Waals surface area (Å²) in [6.45, 7) is 5.48. The lowest BCUT2D eigenvalue weighted by atomic mass is 9.96. The molecule has 0 radical (unpaired) electrons. The quantitative estimate of drug-likeness (QED) is 0.0631. The van der Waals surface area contributed by atoms with Crippen LogP contribution in [0.2, 0.25) is 0 Å². The molecule has 2 aliphatic rings. The van der Waals surface area contributed by atoms with E-state index >= 15 is 0 Å². The zero-order valence-corrected chi connectivity index (χ0v) is 28.8. The highest BCUT2D eigenvalue weighted by atomic mass is 16.7. The fourth-order valence-corrected chi connectivity index (χ4v) is 5.97. The molecule has 9 nitrogen and oxygen atoms in total. The van der Waals surface area contributed by atoms with Gasteiger partial charge in [-0.05, 0) is 117 Å². The number of benzene rings is 3. The molecular formula is C40H48O9. The number of ketones is 1. The van der Waals surface area contributed by atoms with Gasteiger partial charge in [0, 0.05) is 24.3 Å². The summed E-state index contributed by atoms with van der Waals surface area (Å²) in [6, 6.07) is 17.7. The molecule has 1 aliphatic heterocycles. The zero-order chi connectivity index (χ0) is 34.4. The first-order valence-corrected chi connectivity index (χ1v) is 17.7. The van der Waals surface area contributed by atoms with Crippen molar-refractivity contribution in [1.29, 1.82) is 0 Å². The molecule has 0 N–H and O–H groups in total. The number of unbranched alkanes of at least 4 members (excludes halogenated alkanes) is 3. The minimum Gasteiger partial charge on any atom is -0.494 e. The van der Waals surface area contributed by atoms with Gasteiger partial charge in [-0.1, -0.05) is 31.0 Å². The second-order valence-corrected chi connectivity index (χ2v) is 12.4. The number of ether oxygens (including phenoxy) is 6. The van der Waals surface area contributed by atoms with E-state index in [4.69, 9.17) is 28.4 Å². The van der Waals surface area contributed by atoms with E-state index in [1.807, 2.05) is 48.5 Å². The summed E-state index contributed by atoms with van der Waals surface area (Å²) in [6.07, 6.45) is 8.34. The minimum atomic E-state index is -0.226. The van der Waals surface area contributed by atoms with Gasteiger partial charge in [0.05, 0.1) is 26.4 Å². The number of carbonyl (C=O) groups is 3. The summed E-state index contributed by atoms with van der Waals surface area (Å²) >= 11 is 0. The van der Waals surface area contributed by atoms with E-state index in [0.29, 0.717) is 62.8 Å². The summed E-state index contributed by atoms with van der Waals surface area (Å²) < 4.78 is 33.5. The second kappa shape index (κ2) is 18.3. The summed E-state index contributed by atoms with van der Waals surface area (Å²) in [5.41, 5.74) is 4.75. The molecule has 0 spiro atoms. The molecule has 3 aromatic carbocycles. The normalized spacial score (nSPS) is 13.2. The Kier molecular flexibility index (Phi) is 13.4. The fourth-order valence-electron chi connectivity index (χ4n) is 5.97. The first-order chi connectivity index (χ1) is 23.9. The van der Waals surface area contributed by atoms with Crippen LogP contribution in [0.15, 0.2) is 54.6 Å². The van der Waals surface area contributed by atoms with Crippen molar-refractivity contribution in [2.75, 3.05) is 33.2 Å². The van der Waals surface area contributed by atoms with E-state index in [1.54, 1.807) is 13.8 Å². The Labute approximate surface area is 289 Å². The van der Waals surface area contributed by atoms with Crippen molar-refractivity contribution >= 4 is 17.7 Å². The molecular weight excluding hydrogens is 624 g/mol. The number of aryl methyl sites for hydroxylation is 1. The molecule has 5 rings (SSSR count). The number of carbonyl (C=O) groups excluding carboxylic acids is 3. The summed E-state index contributed by atoms with van der Waals surface area (Å²) in [4.78, 5) is 36.9. The highest BCUT2D eigenvalue weighted by Gasteiger charge is 2.31. The number of hydrogen-bond donors (Lipinski definition) is 0. The first-order valence-electron chi connectivity index (χ1n) is 17.7. The van der Waals surface area contributed by atoms with Gasteiger partial charge in [0.15, 0.2) is 17.3 Å². The van der Waals surface area contributed by atoms with Gasteiger partial charge in [-0.3, -0.25) is 14.4 Å². The number of hydrogen-bond acceptors (Lipinski definition) is 9. The van der Waals surface area contributed by atoms with Crippen LogP contribution in [0.5, 0.6) is 23.0 Å². The lowest BCUT2D eigenvalue weighted by Gasteiger charge is -2.16. The average molecular weight is 673 g/mol. The van der Waals surface area contributed by atoms with E-state index in [0.717, 1.165) is 78.7 Å². The molecule has 1 aliphatic carbocycles. The van der Waals surface area contributed by atoms with Crippen LogP contribution in [0, 0.1) is 5.92 Å². The monoisotopic (exact) mass is 672 g/mol. The molecule has 0 unspecified atom stereocenters. The summed E-state index contributed by atoms with van der Waals surface area (Å²) in [5, 5.41) is 0. The minimum absolute atomic E-state index is 0.120. The molecule has 0 atom stereocenters. The molecule has 3 aromatic rings. The van der Waals surface area contributed by atoms with Crippen molar-refractivity contribution < 1.29 is 42.8 Å². The third kappa shape index (κ3) is 10.7. The van der Waals surface area contributed by atoms with E-state index in [9.17, 15) is 14.4 Å². The van der Waals surface area contributed by atoms with Crippen molar-refractivity contribution in [2.45, 2.75) is 84.5 Å². The smallest absolute Gasteiger partial charge is 0.306 e. The standard InChI is InChI=1S/C40H48O9/c1-3-44-38(41)14-10-22-47-35-13-9-12-28(34(35)18-20-39(42)45-4-2)11-7-5-6-8-21-46-33-24-31(23-32(25-33)40(43)29-15-16-29)30-17-19-36-37(26-30)49-27-48-36/h9,12-13,17,19,23-26,29H,3-8,10-11,14-16,18,20-22,27H2,1-2H3. The van der Waals surface area contributed by atoms with Gasteiger partial charge in [0.2, 0.25) is 6.79 Å². The molecule has 0 bridgehead atoms. The van der Waals surface area contributed by atoms with E-state index < -0.39 is 0 Å². The number of rotatable bonds is 21. The van der Waals surface area contributed by atoms with Crippen molar-refractivity contribution in [2.24, 2.45) is 5.92 Å². The molecule has 1 saturated carbocycles. The Morgan fingerprint density at radius 2 is 1.47 bits per heavy atom. The van der Waals surface area contributed by atoms with Gasteiger partial charge in [0.1, 0.15) is 11.5 Å². The molecule has 0 saturated heterocycles. The highest BCUT2D eigenvalue weighted by Crippen LogP contribution is 2.39. The van der Waals surface area contributed by atoms with E-state index in [1.165, 1.54) is 0 Å². The lowest BCUT2D eigenvalue weighted by molar-refractivity contribution is -0.144. The highest BCUT2D eigenvalue weighted by molar-refractivity contribution is 6.00. The van der Waals surface area contributed by atoms with E-state index in [2.05, 4.69) is 6.07 Å². The maximum atomic E-state index is 13.0. The van der Waals surface area contributed by atoms with Crippen LogP contribution in [-0.2, 0) is 31.9 Å². The molecule has 1 heterocycles. The lowest BCUT2D eigenvalue weighted by Crippen LogP contribution is -2.10. The first kappa shape index (κ1) is 35.8. The molecule has 0 aromatic heterocycles. The van der Waals surface area contributed by atoms with Crippen molar-refractivity contribution in [3.63, 3.8) is 0 Å². The van der Waals surface area contributed by atoms with Crippen LogP contribution >= 0.6 is 0 Å². The fraction of sp³-hybridized carbons (Fsp3) is 0.475. The number of esters is 2. The Morgan fingerprint density at radius 1 is 0.714 bits per heavy atom. The Bertz CT molecular complexity index is 1580. The van der Waals surface area contributed by atoms with Crippen LogP contribution in [-0.4, -0.2) is 50.9 Å². The largest absolute Gasteiger partial charge is 0.494 e. The van der Waals surface area contributed by atoms with Crippen molar-refractivity contribution in [3.05, 3.63) is 71.3 Å². The average Bonchev–Trinajstić information content (AvgIpc) is 3.85. The number of Topliss-reactive ketones (excluding diaryl/α,β-unsaturated/α-hetero) is 1. The van der Waals surface area contributed by atoms with Gasteiger partial charge >= 0.3 is 11.9 Å². The SMILES string of the molecule is CCOC(=O)CCCOc1cccc(CCCCCCOc2cc(C(=O)C3CC3)cc(-c3ccc4c(c3)OCO4)c2)c1CCC(=O)OCC. The Balaban J connectivity index is 1.13. The maximum Gasteiger partial charge on any atom is 0.306 e. The van der Waals surface area contributed by atoms with Crippen LogP contribution in [0.4, 0.5) is 0 Å². The van der Waals surface area contributed by atoms with Gasteiger partial charge in [-0.2, -0.15) is 0 Å². The van der Waals surface area contributed by atoms with Crippen LogP contribution in [0.3, 0.4) is 0 Å². The molecule has 49 heavy (non-hydrogen) atoms. The number of fused-ring (bicyclic) bond motifs is 1. The molecule has 262 valence electrons. The predicted octanol–water partition coefficient (Wildman–Crippen LogP) is 8.07. The van der Waals surface area contributed by atoms with E-state index in [-0.39, 0.29) is 36.9 Å². The summed E-state index contributed by atoms with van der Waals surface area (Å²) in [5.74, 6) is 2.73. The zero-order valence-electron chi connectivity index (χ0n) is 28.8. The van der Waals surface area contributed by atoms with Crippen LogP contribution in [0.1, 0.15) is 93.1 Å². The van der Waals surface area contributed by atoms with Gasteiger partial charge in [0.25, 0.3) is 0 Å². The third-order valence-corrected chi connectivity index (χ3v) is 8.66. The molecule has 9 heteroatoms. The van der Waals surface area contributed by atoms with Crippen LogP contribution < -0.4 is 18.9 Å².